The van der Waals surface area contributed by atoms with Gasteiger partial charge in [-0.15, -0.1) is 0 Å². The predicted molar refractivity (Wildman–Crippen MR) is 80.8 cm³/mol. The molecule has 4 nitrogen and oxygen atoms in total. The molecule has 0 spiro atoms. The molecule has 0 fully saturated rings. The van der Waals surface area contributed by atoms with E-state index in [9.17, 15) is 4.79 Å². The summed E-state index contributed by atoms with van der Waals surface area (Å²) in [6, 6.07) is 11.4. The molecule has 0 N–H and O–H groups in total. The Kier molecular flexibility index (Phi) is 3.35. The lowest BCUT2D eigenvalue weighted by Crippen LogP contribution is -2.23. The fraction of sp³-hybridized carbons (Fsp3) is 0.0667. The van der Waals surface area contributed by atoms with E-state index in [0.717, 1.165) is 10.2 Å². The first-order valence-electron chi connectivity index (χ1n) is 6.09. The van der Waals surface area contributed by atoms with Crippen LogP contribution in [0.15, 0.2) is 53.2 Å². The van der Waals surface area contributed by atoms with Gasteiger partial charge < -0.3 is 4.42 Å². The van der Waals surface area contributed by atoms with Crippen LogP contribution in [0.4, 0.5) is 5.13 Å². The van der Waals surface area contributed by atoms with Gasteiger partial charge in [-0.2, -0.15) is 0 Å². The van der Waals surface area contributed by atoms with Gasteiger partial charge in [-0.1, -0.05) is 23.5 Å². The number of para-hydroxylation sites is 1. The highest BCUT2D eigenvalue weighted by Crippen LogP contribution is 2.27. The molecule has 20 heavy (non-hydrogen) atoms. The van der Waals surface area contributed by atoms with Crippen molar-refractivity contribution >= 4 is 38.7 Å². The lowest BCUT2D eigenvalue weighted by atomic mass is 10.3. The van der Waals surface area contributed by atoms with Crippen LogP contribution in [0.3, 0.4) is 0 Å². The Hall–Kier alpha value is -2.40. The molecule has 0 saturated heterocycles. The van der Waals surface area contributed by atoms with Crippen molar-refractivity contribution in [2.24, 2.45) is 0 Å². The van der Waals surface area contributed by atoms with Gasteiger partial charge in [0.25, 0.3) is 5.91 Å². The fourth-order valence-electron chi connectivity index (χ4n) is 1.75. The molecule has 3 aromatic rings. The molecule has 100 valence electrons. The average Bonchev–Trinajstić information content (AvgIpc) is 3.12. The quantitative estimate of drug-likeness (QED) is 0.691. The van der Waals surface area contributed by atoms with Crippen LogP contribution in [-0.4, -0.2) is 17.9 Å². The molecule has 5 heteroatoms. The number of hydrogen-bond donors (Lipinski definition) is 0. The largest absolute Gasteiger partial charge is 0.465 e. The number of rotatable bonds is 3. The number of fused-ring (bicyclic) bond motifs is 1. The number of carbonyl (C=O) groups excluding carboxylic acids is 1. The molecule has 0 saturated carbocycles. The molecule has 0 bridgehead atoms. The van der Waals surface area contributed by atoms with E-state index in [4.69, 9.17) is 4.42 Å². The molecule has 1 amide bonds. The van der Waals surface area contributed by atoms with E-state index in [1.54, 1.807) is 31.5 Å². The molecule has 3 rings (SSSR count). The smallest absolute Gasteiger partial charge is 0.252 e. The average molecular weight is 284 g/mol. The summed E-state index contributed by atoms with van der Waals surface area (Å²) in [7, 11) is 1.71. The van der Waals surface area contributed by atoms with Crippen molar-refractivity contribution in [2.75, 3.05) is 11.9 Å². The summed E-state index contributed by atoms with van der Waals surface area (Å²) in [5.41, 5.74) is 0.905. The van der Waals surface area contributed by atoms with Crippen LogP contribution in [0.1, 0.15) is 5.76 Å². The van der Waals surface area contributed by atoms with Crippen molar-refractivity contribution in [1.82, 2.24) is 4.98 Å². The van der Waals surface area contributed by atoms with E-state index in [1.807, 2.05) is 24.3 Å². The first-order valence-corrected chi connectivity index (χ1v) is 6.90. The number of anilines is 1. The number of thiazole rings is 1. The van der Waals surface area contributed by atoms with Crippen LogP contribution in [0.5, 0.6) is 0 Å². The second kappa shape index (κ2) is 5.30. The third kappa shape index (κ3) is 2.48. The van der Waals surface area contributed by atoms with E-state index in [-0.39, 0.29) is 5.91 Å². The Morgan fingerprint density at radius 1 is 1.30 bits per heavy atom. The van der Waals surface area contributed by atoms with Gasteiger partial charge in [0.05, 0.1) is 16.5 Å². The number of nitrogens with zero attached hydrogens (tertiary/aromatic N) is 2. The number of aromatic nitrogens is 1. The molecule has 0 atom stereocenters. The van der Waals surface area contributed by atoms with Crippen LogP contribution in [-0.2, 0) is 4.79 Å². The second-order valence-electron chi connectivity index (χ2n) is 4.21. The third-order valence-electron chi connectivity index (χ3n) is 2.83. The normalized spacial score (nSPS) is 11.2. The number of amides is 1. The zero-order chi connectivity index (χ0) is 13.9. The SMILES string of the molecule is CN(C(=O)/C=C/c1ccco1)c1nc2ccccc2s1. The summed E-state index contributed by atoms with van der Waals surface area (Å²) >= 11 is 1.49. The highest BCUT2D eigenvalue weighted by molar-refractivity contribution is 7.22. The maximum Gasteiger partial charge on any atom is 0.252 e. The Morgan fingerprint density at radius 2 is 2.15 bits per heavy atom. The van der Waals surface area contributed by atoms with Crippen molar-refractivity contribution in [3.63, 3.8) is 0 Å². The summed E-state index contributed by atoms with van der Waals surface area (Å²) in [6.07, 6.45) is 4.69. The van der Waals surface area contributed by atoms with Crippen molar-refractivity contribution in [3.8, 4) is 0 Å². The Morgan fingerprint density at radius 3 is 2.90 bits per heavy atom. The molecule has 0 aliphatic carbocycles. The summed E-state index contributed by atoms with van der Waals surface area (Å²) in [5, 5.41) is 0.681. The van der Waals surface area contributed by atoms with Crippen LogP contribution in [0.25, 0.3) is 16.3 Å². The van der Waals surface area contributed by atoms with Crippen molar-refractivity contribution in [1.29, 1.82) is 0 Å². The lowest BCUT2D eigenvalue weighted by molar-refractivity contribution is -0.113. The maximum atomic E-state index is 12.1. The molecular formula is C15H12N2O2S. The molecule has 1 aromatic carbocycles. The van der Waals surface area contributed by atoms with Gasteiger partial charge in [-0.25, -0.2) is 4.98 Å². The van der Waals surface area contributed by atoms with Gasteiger partial charge in [0, 0.05) is 13.1 Å². The highest BCUT2D eigenvalue weighted by atomic mass is 32.1. The van der Waals surface area contributed by atoms with E-state index < -0.39 is 0 Å². The first-order chi connectivity index (χ1) is 9.74. The summed E-state index contributed by atoms with van der Waals surface area (Å²) in [4.78, 5) is 18.1. The van der Waals surface area contributed by atoms with Crippen molar-refractivity contribution in [3.05, 3.63) is 54.5 Å². The van der Waals surface area contributed by atoms with Crippen LogP contribution >= 0.6 is 11.3 Å². The van der Waals surface area contributed by atoms with Crippen LogP contribution in [0, 0.1) is 0 Å². The summed E-state index contributed by atoms with van der Waals surface area (Å²) in [6.45, 7) is 0. The Labute approximate surface area is 120 Å². The molecule has 0 aliphatic heterocycles. The zero-order valence-electron chi connectivity index (χ0n) is 10.8. The number of benzene rings is 1. The molecule has 2 aromatic heterocycles. The van der Waals surface area contributed by atoms with Crippen LogP contribution < -0.4 is 4.90 Å². The number of likely N-dealkylation sites (N-methyl/N-ethyl adjacent to an activating group) is 1. The number of hydrogen-bond acceptors (Lipinski definition) is 4. The van der Waals surface area contributed by atoms with Gasteiger partial charge >= 0.3 is 0 Å². The summed E-state index contributed by atoms with van der Waals surface area (Å²) < 4.78 is 6.21. The monoisotopic (exact) mass is 284 g/mol. The standard InChI is InChI=1S/C15H12N2O2S/c1-17(14(18)9-8-11-5-4-10-19-11)15-16-12-6-2-3-7-13(12)20-15/h2-10H,1H3/b9-8+. The minimum atomic E-state index is -0.138. The highest BCUT2D eigenvalue weighted by Gasteiger charge is 2.12. The Bertz CT molecular complexity index is 726. The van der Waals surface area contributed by atoms with E-state index in [0.29, 0.717) is 10.9 Å². The third-order valence-corrected chi connectivity index (χ3v) is 3.95. The Balaban J connectivity index is 1.80. The molecular weight excluding hydrogens is 272 g/mol. The zero-order valence-corrected chi connectivity index (χ0v) is 11.6. The molecule has 2 heterocycles. The minimum absolute atomic E-state index is 0.138. The van der Waals surface area contributed by atoms with Gasteiger partial charge in [-0.3, -0.25) is 9.69 Å². The maximum absolute atomic E-state index is 12.1. The minimum Gasteiger partial charge on any atom is -0.465 e. The number of carbonyl (C=O) groups is 1. The van der Waals surface area contributed by atoms with Crippen molar-refractivity contribution in [2.45, 2.75) is 0 Å². The van der Waals surface area contributed by atoms with E-state index in [1.165, 1.54) is 22.3 Å². The number of furan rings is 1. The fourth-order valence-corrected chi connectivity index (χ4v) is 2.68. The predicted octanol–water partition coefficient (Wildman–Crippen LogP) is 3.57. The van der Waals surface area contributed by atoms with Crippen LogP contribution in [0.2, 0.25) is 0 Å². The van der Waals surface area contributed by atoms with Crippen molar-refractivity contribution < 1.29 is 9.21 Å². The molecule has 0 aliphatic rings. The molecule has 0 radical (unpaired) electrons. The topological polar surface area (TPSA) is 46.3 Å². The van der Waals surface area contributed by atoms with Gasteiger partial charge in [0.1, 0.15) is 5.76 Å². The van der Waals surface area contributed by atoms with Gasteiger partial charge in [-0.05, 0) is 30.3 Å². The van der Waals surface area contributed by atoms with Gasteiger partial charge in [0.15, 0.2) is 5.13 Å². The summed E-state index contributed by atoms with van der Waals surface area (Å²) in [5.74, 6) is 0.511. The first kappa shape index (κ1) is 12.6. The van der Waals surface area contributed by atoms with E-state index in [2.05, 4.69) is 4.98 Å². The second-order valence-corrected chi connectivity index (χ2v) is 5.22. The lowest BCUT2D eigenvalue weighted by Gasteiger charge is -2.10. The molecule has 0 unspecified atom stereocenters. The van der Waals surface area contributed by atoms with E-state index >= 15 is 0 Å². The van der Waals surface area contributed by atoms with Gasteiger partial charge in [0.2, 0.25) is 0 Å².